The zero-order valence-corrected chi connectivity index (χ0v) is 21.9. The van der Waals surface area contributed by atoms with Gasteiger partial charge in [-0.3, -0.25) is 24.4 Å². The number of hydrogen-bond donors (Lipinski definition) is 1. The van der Waals surface area contributed by atoms with E-state index in [2.05, 4.69) is 4.99 Å². The van der Waals surface area contributed by atoms with Crippen molar-refractivity contribution in [2.24, 2.45) is 12.0 Å². The molecule has 0 fully saturated rings. The molecule has 0 saturated carbocycles. The molecule has 0 aliphatic carbocycles. The van der Waals surface area contributed by atoms with Crippen molar-refractivity contribution in [2.75, 3.05) is 6.61 Å². The molecule has 0 aliphatic rings. The molecule has 0 amide bonds. The number of benzene rings is 3. The van der Waals surface area contributed by atoms with Gasteiger partial charge in [-0.25, -0.2) is 14.2 Å². The normalized spacial score (nSPS) is 11.4. The number of aromatic hydroxyl groups is 1. The monoisotopic (exact) mass is 539 g/mol. The van der Waals surface area contributed by atoms with Crippen LogP contribution in [0.1, 0.15) is 18.2 Å². The molecule has 40 heavy (non-hydrogen) atoms. The summed E-state index contributed by atoms with van der Waals surface area (Å²) in [5.41, 5.74) is -0.105. The maximum atomic E-state index is 13.5. The van der Waals surface area contributed by atoms with Gasteiger partial charge in [0.15, 0.2) is 5.69 Å². The Kier molecular flexibility index (Phi) is 6.78. The van der Waals surface area contributed by atoms with E-state index in [4.69, 9.17) is 4.74 Å². The molecule has 0 atom stereocenters. The number of nitro benzene ring substituents is 1. The molecule has 0 unspecified atom stereocenters. The third-order valence-corrected chi connectivity index (χ3v) is 6.65. The summed E-state index contributed by atoms with van der Waals surface area (Å²) in [5, 5.41) is 23.9. The first-order valence-electron chi connectivity index (χ1n) is 12.4. The number of hydrogen-bond acceptors (Lipinski definition) is 7. The van der Waals surface area contributed by atoms with E-state index < -0.39 is 22.0 Å². The van der Waals surface area contributed by atoms with Gasteiger partial charge in [0.2, 0.25) is 5.88 Å². The van der Waals surface area contributed by atoms with Crippen molar-refractivity contribution in [2.45, 2.75) is 13.8 Å². The molecule has 2 heterocycles. The fourth-order valence-corrected chi connectivity index (χ4v) is 4.64. The molecule has 11 heteroatoms. The van der Waals surface area contributed by atoms with Crippen molar-refractivity contribution in [3.8, 4) is 23.0 Å². The van der Waals surface area contributed by atoms with Crippen LogP contribution in [0.3, 0.4) is 0 Å². The molecule has 202 valence electrons. The van der Waals surface area contributed by atoms with Gasteiger partial charge in [-0.2, -0.15) is 0 Å². The van der Waals surface area contributed by atoms with Gasteiger partial charge in [-0.15, -0.1) is 0 Å². The first kappa shape index (κ1) is 26.2. The molecule has 0 saturated heterocycles. The largest absolute Gasteiger partial charge is 0.494 e. The molecule has 0 spiro atoms. The zero-order chi connectivity index (χ0) is 28.6. The molecule has 3 aromatic carbocycles. The Bertz CT molecular complexity index is 1920. The van der Waals surface area contributed by atoms with E-state index in [1.165, 1.54) is 29.1 Å². The van der Waals surface area contributed by atoms with Crippen LogP contribution in [0.5, 0.6) is 11.6 Å². The molecule has 1 N–H and O–H groups in total. The number of para-hydroxylation sites is 1. The third kappa shape index (κ3) is 4.33. The molecule has 5 rings (SSSR count). The summed E-state index contributed by atoms with van der Waals surface area (Å²) in [6, 6.07) is 19.7. The lowest BCUT2D eigenvalue weighted by Crippen LogP contribution is -2.21. The average Bonchev–Trinajstić information content (AvgIpc) is 3.16. The lowest BCUT2D eigenvalue weighted by atomic mass is 10.1. The van der Waals surface area contributed by atoms with Crippen LogP contribution in [-0.2, 0) is 7.05 Å². The van der Waals surface area contributed by atoms with Crippen LogP contribution in [0, 0.1) is 17.0 Å². The van der Waals surface area contributed by atoms with Crippen LogP contribution in [-0.4, -0.2) is 36.8 Å². The molecule has 2 aromatic heterocycles. The lowest BCUT2D eigenvalue weighted by molar-refractivity contribution is -0.384. The summed E-state index contributed by atoms with van der Waals surface area (Å²) in [4.78, 5) is 42.6. The number of fused-ring (bicyclic) bond motifs is 1. The maximum absolute atomic E-state index is 13.5. The Balaban J connectivity index is 1.74. The van der Waals surface area contributed by atoms with E-state index in [9.17, 15) is 24.8 Å². The van der Waals surface area contributed by atoms with Crippen LogP contribution >= 0.6 is 0 Å². The topological polar surface area (TPSA) is 134 Å². The van der Waals surface area contributed by atoms with Crippen LogP contribution in [0.25, 0.3) is 22.1 Å². The summed E-state index contributed by atoms with van der Waals surface area (Å²) < 4.78 is 9.41. The maximum Gasteiger partial charge on any atom is 0.297 e. The van der Waals surface area contributed by atoms with Crippen LogP contribution < -0.4 is 15.9 Å². The Morgan fingerprint density at radius 2 is 1.68 bits per heavy atom. The second-order valence-corrected chi connectivity index (χ2v) is 8.93. The van der Waals surface area contributed by atoms with Crippen molar-refractivity contribution in [1.82, 2.24) is 13.9 Å². The first-order valence-corrected chi connectivity index (χ1v) is 12.4. The Morgan fingerprint density at radius 1 is 1.00 bits per heavy atom. The van der Waals surface area contributed by atoms with Gasteiger partial charge in [-0.05, 0) is 44.2 Å². The van der Waals surface area contributed by atoms with Crippen molar-refractivity contribution >= 4 is 28.4 Å². The number of aliphatic imine (C=N–C) groups is 1. The van der Waals surface area contributed by atoms with E-state index in [1.54, 1.807) is 62.0 Å². The molecule has 5 aromatic rings. The molecule has 0 aliphatic heterocycles. The summed E-state index contributed by atoms with van der Waals surface area (Å²) in [5.74, 6) is -0.306. The lowest BCUT2D eigenvalue weighted by Gasteiger charge is -2.14. The predicted molar refractivity (Wildman–Crippen MR) is 152 cm³/mol. The number of aromatic nitrogens is 3. The minimum Gasteiger partial charge on any atom is -0.494 e. The van der Waals surface area contributed by atoms with Gasteiger partial charge in [0, 0.05) is 24.0 Å². The smallest absolute Gasteiger partial charge is 0.297 e. The molecule has 0 bridgehead atoms. The standard InChI is InChI=1S/C29H25N5O6/c1-4-40-20-14-15-24(25(16-20)34(38)39)32-27(35)22-13-9-8-12-21(22)23(28(32)36)17-30-26-18(2)31(3)33(29(26)37)19-10-6-5-7-11-19/h5-17,36H,4H2,1-3H3. The van der Waals surface area contributed by atoms with E-state index >= 15 is 0 Å². The highest BCUT2D eigenvalue weighted by molar-refractivity contribution is 6.02. The van der Waals surface area contributed by atoms with Gasteiger partial charge in [0.05, 0.1) is 34.5 Å². The molecule has 11 nitrogen and oxygen atoms in total. The van der Waals surface area contributed by atoms with E-state index in [0.717, 1.165) is 4.57 Å². The van der Waals surface area contributed by atoms with Crippen molar-refractivity contribution < 1.29 is 14.8 Å². The van der Waals surface area contributed by atoms with Crippen LogP contribution in [0.15, 0.2) is 87.4 Å². The SMILES string of the molecule is CCOc1ccc(-n2c(O)c(C=Nc3c(C)n(C)n(-c4ccccc4)c3=O)c3ccccc3c2=O)c([N+](=O)[O-])c1. The number of rotatable bonds is 7. The van der Waals surface area contributed by atoms with Gasteiger partial charge in [0.1, 0.15) is 11.4 Å². The highest BCUT2D eigenvalue weighted by Gasteiger charge is 2.24. The number of pyridine rings is 1. The van der Waals surface area contributed by atoms with Crippen molar-refractivity contribution in [3.05, 3.63) is 115 Å². The first-order chi connectivity index (χ1) is 19.2. The summed E-state index contributed by atoms with van der Waals surface area (Å²) in [7, 11) is 1.74. The molecule has 0 radical (unpaired) electrons. The van der Waals surface area contributed by atoms with Crippen LogP contribution in [0.2, 0.25) is 0 Å². The minimum atomic E-state index is -0.653. The summed E-state index contributed by atoms with van der Waals surface area (Å²) in [6.07, 6.45) is 1.30. The third-order valence-electron chi connectivity index (χ3n) is 6.65. The second-order valence-electron chi connectivity index (χ2n) is 8.93. The van der Waals surface area contributed by atoms with Crippen LogP contribution in [0.4, 0.5) is 11.4 Å². The van der Waals surface area contributed by atoms with Gasteiger partial charge in [-0.1, -0.05) is 36.4 Å². The van der Waals surface area contributed by atoms with E-state index in [0.29, 0.717) is 23.4 Å². The quantitative estimate of drug-likeness (QED) is 0.183. The zero-order valence-electron chi connectivity index (χ0n) is 21.9. The Hall–Kier alpha value is -5.45. The number of nitro groups is 1. The Morgan fingerprint density at radius 3 is 2.35 bits per heavy atom. The van der Waals surface area contributed by atoms with E-state index in [1.807, 2.05) is 18.2 Å². The predicted octanol–water partition coefficient (Wildman–Crippen LogP) is 4.55. The van der Waals surface area contributed by atoms with Gasteiger partial charge < -0.3 is 9.84 Å². The van der Waals surface area contributed by atoms with Crippen molar-refractivity contribution in [1.29, 1.82) is 0 Å². The summed E-state index contributed by atoms with van der Waals surface area (Å²) >= 11 is 0. The fraction of sp³-hybridized carbons (Fsp3) is 0.138. The molecular formula is C29H25N5O6. The second kappa shape index (κ2) is 10.4. The summed E-state index contributed by atoms with van der Waals surface area (Å²) in [6.45, 7) is 3.78. The van der Waals surface area contributed by atoms with Crippen molar-refractivity contribution in [3.63, 3.8) is 0 Å². The minimum absolute atomic E-state index is 0.118. The average molecular weight is 540 g/mol. The highest BCUT2D eigenvalue weighted by atomic mass is 16.6. The highest BCUT2D eigenvalue weighted by Crippen LogP contribution is 2.33. The van der Waals surface area contributed by atoms with Gasteiger partial charge >= 0.3 is 0 Å². The van der Waals surface area contributed by atoms with Gasteiger partial charge in [0.25, 0.3) is 16.8 Å². The molecular weight excluding hydrogens is 514 g/mol. The number of ether oxygens (including phenoxy) is 1. The number of nitrogens with zero attached hydrogens (tertiary/aromatic N) is 5. The fourth-order valence-electron chi connectivity index (χ4n) is 4.64. The van der Waals surface area contributed by atoms with E-state index in [-0.39, 0.29) is 33.6 Å². The Labute approximate surface area is 227 Å².